The van der Waals surface area contributed by atoms with Gasteiger partial charge in [0, 0.05) is 6.20 Å². The largest absolute Gasteiger partial charge is 0.393 e. The molecule has 0 aliphatic carbocycles. The van der Waals surface area contributed by atoms with E-state index in [2.05, 4.69) is 15.1 Å². The van der Waals surface area contributed by atoms with Crippen LogP contribution in [-0.4, -0.2) is 26.3 Å². The molecule has 0 saturated heterocycles. The molecule has 0 bridgehead atoms. The molecule has 0 aromatic carbocycles. The first kappa shape index (κ1) is 12.7. The Balaban J connectivity index is 2.24. The number of aliphatic hydroxyl groups is 1. The molecule has 0 aliphatic rings. The maximum absolute atomic E-state index is 9.54. The fraction of sp³-hybridized carbons (Fsp3) is 0.462. The second-order valence-electron chi connectivity index (χ2n) is 4.46. The van der Waals surface area contributed by atoms with Gasteiger partial charge in [-0.05, 0) is 31.4 Å². The Kier molecular flexibility index (Phi) is 3.72. The summed E-state index contributed by atoms with van der Waals surface area (Å²) in [6.07, 6.45) is 2.39. The lowest BCUT2D eigenvalue weighted by Crippen LogP contribution is -2.08. The summed E-state index contributed by atoms with van der Waals surface area (Å²) in [6.45, 7) is 5.86. The standard InChI is InChI=1S/C13H17N3O2/c1-4-10(17)6-11-15-13(16-18-11)12-9(3)5-8(2)7-14-12/h5,7,10,17H,4,6H2,1-3H3. The van der Waals surface area contributed by atoms with E-state index in [-0.39, 0.29) is 0 Å². The van der Waals surface area contributed by atoms with Crippen molar-refractivity contribution in [2.45, 2.75) is 39.7 Å². The highest BCUT2D eigenvalue weighted by atomic mass is 16.5. The van der Waals surface area contributed by atoms with E-state index >= 15 is 0 Å². The second kappa shape index (κ2) is 5.27. The van der Waals surface area contributed by atoms with Gasteiger partial charge in [-0.2, -0.15) is 4.98 Å². The number of aliphatic hydroxyl groups excluding tert-OH is 1. The van der Waals surface area contributed by atoms with Gasteiger partial charge in [-0.15, -0.1) is 0 Å². The topological polar surface area (TPSA) is 72.0 Å². The van der Waals surface area contributed by atoms with Crippen molar-refractivity contribution in [3.8, 4) is 11.5 Å². The van der Waals surface area contributed by atoms with Gasteiger partial charge in [0.15, 0.2) is 0 Å². The Bertz CT molecular complexity index is 537. The van der Waals surface area contributed by atoms with Gasteiger partial charge in [0.05, 0.1) is 12.5 Å². The zero-order valence-electron chi connectivity index (χ0n) is 10.8. The lowest BCUT2D eigenvalue weighted by Gasteiger charge is -2.01. The molecular weight excluding hydrogens is 230 g/mol. The van der Waals surface area contributed by atoms with Gasteiger partial charge in [0.25, 0.3) is 0 Å². The van der Waals surface area contributed by atoms with Crippen LogP contribution in [0.4, 0.5) is 0 Å². The average molecular weight is 247 g/mol. The number of hydrogen-bond acceptors (Lipinski definition) is 5. The fourth-order valence-corrected chi connectivity index (χ4v) is 1.73. The third kappa shape index (κ3) is 2.73. The predicted octanol–water partition coefficient (Wildman–Crippen LogP) is 2.06. The molecule has 0 radical (unpaired) electrons. The van der Waals surface area contributed by atoms with Gasteiger partial charge < -0.3 is 9.63 Å². The van der Waals surface area contributed by atoms with E-state index in [1.54, 1.807) is 6.20 Å². The van der Waals surface area contributed by atoms with Crippen molar-refractivity contribution in [2.75, 3.05) is 0 Å². The molecule has 2 rings (SSSR count). The molecular formula is C13H17N3O2. The summed E-state index contributed by atoms with van der Waals surface area (Å²) < 4.78 is 5.12. The summed E-state index contributed by atoms with van der Waals surface area (Å²) in [5, 5.41) is 13.4. The predicted molar refractivity (Wildman–Crippen MR) is 67.0 cm³/mol. The molecule has 0 aliphatic heterocycles. The van der Waals surface area contributed by atoms with Crippen molar-refractivity contribution in [2.24, 2.45) is 0 Å². The minimum absolute atomic E-state index is 0.383. The summed E-state index contributed by atoms with van der Waals surface area (Å²) >= 11 is 0. The van der Waals surface area contributed by atoms with E-state index in [1.807, 2.05) is 26.8 Å². The van der Waals surface area contributed by atoms with Gasteiger partial charge in [-0.25, -0.2) is 0 Å². The Morgan fingerprint density at radius 3 is 2.83 bits per heavy atom. The van der Waals surface area contributed by atoms with Crippen LogP contribution >= 0.6 is 0 Å². The van der Waals surface area contributed by atoms with Crippen molar-refractivity contribution in [1.82, 2.24) is 15.1 Å². The Hall–Kier alpha value is -1.75. The zero-order chi connectivity index (χ0) is 13.1. The number of hydrogen-bond donors (Lipinski definition) is 1. The van der Waals surface area contributed by atoms with Crippen LogP contribution in [0.2, 0.25) is 0 Å². The summed E-state index contributed by atoms with van der Waals surface area (Å²) in [6, 6.07) is 2.03. The third-order valence-corrected chi connectivity index (χ3v) is 2.78. The van der Waals surface area contributed by atoms with Crippen LogP contribution in [0.15, 0.2) is 16.8 Å². The number of pyridine rings is 1. The molecule has 18 heavy (non-hydrogen) atoms. The van der Waals surface area contributed by atoms with Gasteiger partial charge in [0.2, 0.25) is 11.7 Å². The van der Waals surface area contributed by atoms with Crippen LogP contribution in [0.3, 0.4) is 0 Å². The van der Waals surface area contributed by atoms with Crippen LogP contribution in [0, 0.1) is 13.8 Å². The highest BCUT2D eigenvalue weighted by molar-refractivity contribution is 5.53. The first-order chi connectivity index (χ1) is 8.60. The molecule has 2 aromatic heterocycles. The lowest BCUT2D eigenvalue weighted by atomic mass is 10.1. The number of aromatic nitrogens is 3. The number of rotatable bonds is 4. The van der Waals surface area contributed by atoms with Gasteiger partial charge in [-0.3, -0.25) is 4.98 Å². The van der Waals surface area contributed by atoms with Gasteiger partial charge in [0.1, 0.15) is 5.69 Å². The molecule has 2 heterocycles. The molecule has 1 atom stereocenters. The van der Waals surface area contributed by atoms with Crippen molar-refractivity contribution in [3.05, 3.63) is 29.3 Å². The Morgan fingerprint density at radius 2 is 2.17 bits per heavy atom. The molecule has 0 amide bonds. The monoisotopic (exact) mass is 247 g/mol. The average Bonchev–Trinajstić information content (AvgIpc) is 2.77. The van der Waals surface area contributed by atoms with Crippen molar-refractivity contribution < 1.29 is 9.63 Å². The molecule has 1 N–H and O–H groups in total. The Labute approximate surface area is 106 Å². The third-order valence-electron chi connectivity index (χ3n) is 2.78. The molecule has 5 nitrogen and oxygen atoms in total. The van der Waals surface area contributed by atoms with E-state index in [1.165, 1.54) is 0 Å². The maximum atomic E-state index is 9.54. The van der Waals surface area contributed by atoms with Crippen LogP contribution in [-0.2, 0) is 6.42 Å². The van der Waals surface area contributed by atoms with Gasteiger partial charge in [-0.1, -0.05) is 18.1 Å². The highest BCUT2D eigenvalue weighted by Crippen LogP contribution is 2.18. The van der Waals surface area contributed by atoms with Crippen LogP contribution in [0.25, 0.3) is 11.5 Å². The van der Waals surface area contributed by atoms with E-state index < -0.39 is 6.10 Å². The van der Waals surface area contributed by atoms with Gasteiger partial charge >= 0.3 is 0 Å². The Morgan fingerprint density at radius 1 is 1.39 bits per heavy atom. The smallest absolute Gasteiger partial charge is 0.229 e. The van der Waals surface area contributed by atoms with Crippen LogP contribution in [0.1, 0.15) is 30.4 Å². The molecule has 0 spiro atoms. The van der Waals surface area contributed by atoms with E-state index in [0.717, 1.165) is 16.8 Å². The normalized spacial score (nSPS) is 12.7. The lowest BCUT2D eigenvalue weighted by molar-refractivity contribution is 0.158. The number of nitrogens with zero attached hydrogens (tertiary/aromatic N) is 3. The van der Waals surface area contributed by atoms with Crippen LogP contribution in [0.5, 0.6) is 0 Å². The molecule has 5 heteroatoms. The zero-order valence-corrected chi connectivity index (χ0v) is 10.8. The first-order valence-corrected chi connectivity index (χ1v) is 6.04. The minimum Gasteiger partial charge on any atom is -0.393 e. The molecule has 1 unspecified atom stereocenters. The quantitative estimate of drug-likeness (QED) is 0.895. The van der Waals surface area contributed by atoms with Crippen LogP contribution < -0.4 is 0 Å². The summed E-state index contributed by atoms with van der Waals surface area (Å²) in [5.41, 5.74) is 2.83. The van der Waals surface area contributed by atoms with Crippen molar-refractivity contribution in [3.63, 3.8) is 0 Å². The molecule has 96 valence electrons. The SMILES string of the molecule is CCC(O)Cc1nc(-c2ncc(C)cc2C)no1. The second-order valence-corrected chi connectivity index (χ2v) is 4.46. The maximum Gasteiger partial charge on any atom is 0.229 e. The summed E-state index contributed by atoms with van der Waals surface area (Å²) in [7, 11) is 0. The molecule has 2 aromatic rings. The minimum atomic E-state index is -0.439. The van der Waals surface area contributed by atoms with E-state index in [0.29, 0.717) is 24.6 Å². The molecule has 0 fully saturated rings. The highest BCUT2D eigenvalue weighted by Gasteiger charge is 2.14. The van der Waals surface area contributed by atoms with Crippen molar-refractivity contribution >= 4 is 0 Å². The van der Waals surface area contributed by atoms with E-state index in [4.69, 9.17) is 4.52 Å². The van der Waals surface area contributed by atoms with E-state index in [9.17, 15) is 5.11 Å². The summed E-state index contributed by atoms with van der Waals surface area (Å²) in [5.74, 6) is 0.923. The number of aryl methyl sites for hydroxylation is 2. The first-order valence-electron chi connectivity index (χ1n) is 6.04. The summed E-state index contributed by atoms with van der Waals surface area (Å²) in [4.78, 5) is 8.57. The van der Waals surface area contributed by atoms with Crippen molar-refractivity contribution in [1.29, 1.82) is 0 Å². The fourth-order valence-electron chi connectivity index (χ4n) is 1.73. The molecule has 0 saturated carbocycles.